The Labute approximate surface area is 141 Å². The summed E-state index contributed by atoms with van der Waals surface area (Å²) in [6, 6.07) is 15.6. The maximum atomic E-state index is 12.7. The lowest BCUT2D eigenvalue weighted by atomic mass is 9.90. The molecule has 1 N–H and O–H groups in total. The molecule has 4 rings (SSSR count). The molecule has 3 aromatic rings. The SMILES string of the molecule is [CH2]c1ccccc1C(CNC(=O)c1cccc2occc12)C1CC1. The molecule has 1 aliphatic carbocycles. The molecule has 1 aliphatic rings. The molecule has 1 unspecified atom stereocenters. The van der Waals surface area contributed by atoms with Crippen LogP contribution in [-0.4, -0.2) is 12.5 Å². The summed E-state index contributed by atoms with van der Waals surface area (Å²) in [6.07, 6.45) is 4.08. The van der Waals surface area contributed by atoms with E-state index in [1.807, 2.05) is 42.5 Å². The fourth-order valence-electron chi connectivity index (χ4n) is 3.42. The Hall–Kier alpha value is -2.55. The standard InChI is InChI=1S/C21H20NO2/c1-14-5-2-3-6-16(14)19(15-9-10-15)13-22-21(23)18-7-4-8-20-17(18)11-12-24-20/h2-8,11-12,15,19H,1,9-10,13H2,(H,22,23). The van der Waals surface area contributed by atoms with Crippen molar-refractivity contribution in [3.8, 4) is 0 Å². The molecule has 1 atom stereocenters. The Morgan fingerprint density at radius 2 is 2.00 bits per heavy atom. The molecule has 0 spiro atoms. The van der Waals surface area contributed by atoms with Crippen LogP contribution in [0.3, 0.4) is 0 Å². The quantitative estimate of drug-likeness (QED) is 0.750. The van der Waals surface area contributed by atoms with Gasteiger partial charge in [0.2, 0.25) is 0 Å². The lowest BCUT2D eigenvalue weighted by Gasteiger charge is -2.19. The number of benzene rings is 2. The van der Waals surface area contributed by atoms with E-state index in [4.69, 9.17) is 4.42 Å². The zero-order chi connectivity index (χ0) is 16.5. The number of fused-ring (bicyclic) bond motifs is 1. The molecular weight excluding hydrogens is 298 g/mol. The van der Waals surface area contributed by atoms with Gasteiger partial charge in [-0.3, -0.25) is 4.79 Å². The van der Waals surface area contributed by atoms with Crippen LogP contribution in [0.1, 0.15) is 40.2 Å². The van der Waals surface area contributed by atoms with E-state index in [0.717, 1.165) is 16.5 Å². The third-order valence-electron chi connectivity index (χ3n) is 4.87. The van der Waals surface area contributed by atoms with E-state index >= 15 is 0 Å². The van der Waals surface area contributed by atoms with E-state index in [0.29, 0.717) is 23.9 Å². The smallest absolute Gasteiger partial charge is 0.252 e. The van der Waals surface area contributed by atoms with Crippen LogP contribution in [0.25, 0.3) is 11.0 Å². The van der Waals surface area contributed by atoms with Crippen LogP contribution in [0.15, 0.2) is 59.2 Å². The molecule has 0 saturated heterocycles. The number of hydrogen-bond acceptors (Lipinski definition) is 2. The van der Waals surface area contributed by atoms with Crippen LogP contribution in [-0.2, 0) is 0 Å². The summed E-state index contributed by atoms with van der Waals surface area (Å²) in [4.78, 5) is 12.7. The Kier molecular flexibility index (Phi) is 3.85. The van der Waals surface area contributed by atoms with Crippen molar-refractivity contribution >= 4 is 16.9 Å². The van der Waals surface area contributed by atoms with Crippen molar-refractivity contribution in [3.63, 3.8) is 0 Å². The Morgan fingerprint density at radius 1 is 1.17 bits per heavy atom. The van der Waals surface area contributed by atoms with Gasteiger partial charge < -0.3 is 9.73 Å². The first kappa shape index (κ1) is 15.0. The molecule has 1 radical (unpaired) electrons. The van der Waals surface area contributed by atoms with Gasteiger partial charge in [0.1, 0.15) is 5.58 Å². The Morgan fingerprint density at radius 3 is 2.79 bits per heavy atom. The van der Waals surface area contributed by atoms with Crippen LogP contribution < -0.4 is 5.32 Å². The number of carbonyl (C=O) groups excluding carboxylic acids is 1. The topological polar surface area (TPSA) is 42.2 Å². The molecule has 121 valence electrons. The van der Waals surface area contributed by atoms with Gasteiger partial charge in [-0.2, -0.15) is 0 Å². The van der Waals surface area contributed by atoms with Gasteiger partial charge in [-0.15, -0.1) is 0 Å². The van der Waals surface area contributed by atoms with Crippen molar-refractivity contribution in [3.05, 3.63) is 78.4 Å². The van der Waals surface area contributed by atoms with Crippen molar-refractivity contribution < 1.29 is 9.21 Å². The first-order valence-corrected chi connectivity index (χ1v) is 8.39. The third-order valence-corrected chi connectivity index (χ3v) is 4.87. The minimum absolute atomic E-state index is 0.0470. The van der Waals surface area contributed by atoms with Gasteiger partial charge >= 0.3 is 0 Å². The van der Waals surface area contributed by atoms with Crippen LogP contribution >= 0.6 is 0 Å². The summed E-state index contributed by atoms with van der Waals surface area (Å²) in [5.41, 5.74) is 3.71. The highest BCUT2D eigenvalue weighted by Gasteiger charge is 2.33. The molecule has 2 aromatic carbocycles. The van der Waals surface area contributed by atoms with E-state index in [1.54, 1.807) is 6.26 Å². The molecule has 3 nitrogen and oxygen atoms in total. The van der Waals surface area contributed by atoms with E-state index in [2.05, 4.69) is 18.3 Å². The average Bonchev–Trinajstić information content (AvgIpc) is 3.32. The highest BCUT2D eigenvalue weighted by molar-refractivity contribution is 6.05. The maximum Gasteiger partial charge on any atom is 0.252 e. The van der Waals surface area contributed by atoms with Crippen LogP contribution in [0.4, 0.5) is 0 Å². The predicted octanol–water partition coefficient (Wildman–Crippen LogP) is 4.54. The maximum absolute atomic E-state index is 12.7. The summed E-state index contributed by atoms with van der Waals surface area (Å²) < 4.78 is 5.38. The molecular formula is C21H20NO2. The van der Waals surface area contributed by atoms with Crippen molar-refractivity contribution in [1.82, 2.24) is 5.32 Å². The number of hydrogen-bond donors (Lipinski definition) is 1. The molecule has 0 aliphatic heterocycles. The second kappa shape index (κ2) is 6.16. The largest absolute Gasteiger partial charge is 0.464 e. The minimum atomic E-state index is -0.0470. The van der Waals surface area contributed by atoms with E-state index < -0.39 is 0 Å². The van der Waals surface area contributed by atoms with Crippen molar-refractivity contribution in [2.75, 3.05) is 6.54 Å². The van der Waals surface area contributed by atoms with Gasteiger partial charge in [0.05, 0.1) is 11.8 Å². The zero-order valence-electron chi connectivity index (χ0n) is 13.5. The highest BCUT2D eigenvalue weighted by Crippen LogP contribution is 2.43. The second-order valence-electron chi connectivity index (χ2n) is 6.49. The fraction of sp³-hybridized carbons (Fsp3) is 0.238. The van der Waals surface area contributed by atoms with Crippen molar-refractivity contribution in [2.45, 2.75) is 18.8 Å². The van der Waals surface area contributed by atoms with Gasteiger partial charge in [-0.05, 0) is 55.0 Å². The number of rotatable bonds is 5. The van der Waals surface area contributed by atoms with E-state index in [9.17, 15) is 4.79 Å². The third kappa shape index (κ3) is 2.82. The molecule has 1 aromatic heterocycles. The summed E-state index contributed by atoms with van der Waals surface area (Å²) in [6.45, 7) is 4.79. The summed E-state index contributed by atoms with van der Waals surface area (Å²) in [7, 11) is 0. The van der Waals surface area contributed by atoms with Gasteiger partial charge in [-0.1, -0.05) is 30.3 Å². The highest BCUT2D eigenvalue weighted by atomic mass is 16.3. The monoisotopic (exact) mass is 318 g/mol. The molecule has 1 heterocycles. The average molecular weight is 318 g/mol. The molecule has 3 heteroatoms. The van der Waals surface area contributed by atoms with E-state index in [1.165, 1.54) is 18.4 Å². The molecule has 0 bridgehead atoms. The minimum Gasteiger partial charge on any atom is -0.464 e. The lowest BCUT2D eigenvalue weighted by molar-refractivity contribution is 0.0952. The molecule has 24 heavy (non-hydrogen) atoms. The van der Waals surface area contributed by atoms with Crippen LogP contribution in [0, 0.1) is 12.8 Å². The Bertz CT molecular complexity index is 876. The number of carbonyl (C=O) groups is 1. The number of amides is 1. The molecule has 1 amide bonds. The van der Waals surface area contributed by atoms with Crippen molar-refractivity contribution in [2.24, 2.45) is 5.92 Å². The van der Waals surface area contributed by atoms with Crippen LogP contribution in [0.2, 0.25) is 0 Å². The summed E-state index contributed by atoms with van der Waals surface area (Å²) in [5, 5.41) is 3.98. The summed E-state index contributed by atoms with van der Waals surface area (Å²) in [5.74, 6) is 0.943. The fourth-order valence-corrected chi connectivity index (χ4v) is 3.42. The predicted molar refractivity (Wildman–Crippen MR) is 94.9 cm³/mol. The second-order valence-corrected chi connectivity index (χ2v) is 6.49. The lowest BCUT2D eigenvalue weighted by Crippen LogP contribution is -2.29. The van der Waals surface area contributed by atoms with Gasteiger partial charge in [0, 0.05) is 17.8 Å². The van der Waals surface area contributed by atoms with E-state index in [-0.39, 0.29) is 5.91 Å². The Balaban J connectivity index is 1.53. The van der Waals surface area contributed by atoms with Crippen molar-refractivity contribution in [1.29, 1.82) is 0 Å². The van der Waals surface area contributed by atoms with Gasteiger partial charge in [0.15, 0.2) is 0 Å². The van der Waals surface area contributed by atoms with Crippen LogP contribution in [0.5, 0.6) is 0 Å². The normalized spacial score (nSPS) is 15.4. The van der Waals surface area contributed by atoms with Gasteiger partial charge in [0.25, 0.3) is 5.91 Å². The molecule has 1 fully saturated rings. The summed E-state index contributed by atoms with van der Waals surface area (Å²) >= 11 is 0. The first-order chi connectivity index (χ1) is 11.7. The van der Waals surface area contributed by atoms with Gasteiger partial charge in [-0.25, -0.2) is 0 Å². The number of furan rings is 1. The first-order valence-electron chi connectivity index (χ1n) is 8.39. The molecule has 1 saturated carbocycles. The zero-order valence-corrected chi connectivity index (χ0v) is 13.5. The number of nitrogens with one attached hydrogen (secondary N) is 1.